The molecule has 4 nitrogen and oxygen atoms in total. The zero-order chi connectivity index (χ0) is 18.8. The Kier molecular flexibility index (Phi) is 6.58. The highest BCUT2D eigenvalue weighted by atomic mass is 35.5. The second-order valence-electron chi connectivity index (χ2n) is 7.02. The van der Waals surface area contributed by atoms with E-state index in [1.54, 1.807) is 16.7 Å². The third kappa shape index (κ3) is 3.97. The molecule has 0 amide bonds. The fraction of sp³-hybridized carbons (Fsp3) is 0.273. The van der Waals surface area contributed by atoms with E-state index in [1.165, 1.54) is 6.92 Å². The van der Waals surface area contributed by atoms with Crippen LogP contribution in [-0.2, 0) is 13.1 Å². The Hall–Kier alpha value is -2.43. The Labute approximate surface area is 165 Å². The molecule has 5 heteroatoms. The molecule has 0 saturated heterocycles. The molecule has 2 aromatic carbocycles. The Morgan fingerprint density at radius 1 is 1.07 bits per heavy atom. The van der Waals surface area contributed by atoms with E-state index in [4.69, 9.17) is 5.73 Å². The van der Waals surface area contributed by atoms with Crippen molar-refractivity contribution in [2.24, 2.45) is 11.7 Å². The van der Waals surface area contributed by atoms with Gasteiger partial charge in [0, 0.05) is 35.3 Å². The molecule has 0 spiro atoms. The first-order valence-electron chi connectivity index (χ1n) is 8.90. The van der Waals surface area contributed by atoms with E-state index in [0.29, 0.717) is 23.4 Å². The number of carbonyl (C=O) groups excluding carboxylic acids is 1. The number of carbonyl (C=O) groups is 1. The largest absolute Gasteiger partial charge is 0.325 e. The van der Waals surface area contributed by atoms with Gasteiger partial charge in [-0.25, -0.2) is 0 Å². The van der Waals surface area contributed by atoms with Crippen LogP contribution in [0, 0.1) is 5.92 Å². The maximum absolute atomic E-state index is 13.1. The highest BCUT2D eigenvalue weighted by molar-refractivity contribution is 6.03. The van der Waals surface area contributed by atoms with Crippen molar-refractivity contribution in [2.75, 3.05) is 0 Å². The lowest BCUT2D eigenvalue weighted by atomic mass is 9.94. The van der Waals surface area contributed by atoms with Crippen molar-refractivity contribution >= 4 is 29.0 Å². The zero-order valence-electron chi connectivity index (χ0n) is 15.9. The monoisotopic (exact) mass is 384 g/mol. The van der Waals surface area contributed by atoms with Crippen LogP contribution in [-0.4, -0.2) is 10.4 Å². The molecular formula is C22H25ClN2O2. The van der Waals surface area contributed by atoms with Crippen LogP contribution in [0.2, 0.25) is 0 Å². The lowest BCUT2D eigenvalue weighted by molar-refractivity contribution is 0.101. The maximum atomic E-state index is 13.1. The number of rotatable bonds is 5. The van der Waals surface area contributed by atoms with Crippen molar-refractivity contribution in [3.63, 3.8) is 0 Å². The SMILES string of the molecule is CC(=O)c1ccc2c(=O)n(CC(C)C)c(CN)c(-c3ccccc3)c2c1.Cl. The second kappa shape index (κ2) is 8.51. The van der Waals surface area contributed by atoms with Crippen molar-refractivity contribution in [2.45, 2.75) is 33.9 Å². The van der Waals surface area contributed by atoms with Gasteiger partial charge in [-0.15, -0.1) is 12.4 Å². The molecule has 0 unspecified atom stereocenters. The van der Waals surface area contributed by atoms with Gasteiger partial charge < -0.3 is 10.3 Å². The number of benzene rings is 2. The molecule has 142 valence electrons. The molecule has 0 aliphatic carbocycles. The molecule has 0 aliphatic heterocycles. The van der Waals surface area contributed by atoms with Gasteiger partial charge in [0.05, 0.1) is 0 Å². The highest BCUT2D eigenvalue weighted by Gasteiger charge is 2.18. The average Bonchev–Trinajstić information content (AvgIpc) is 2.63. The van der Waals surface area contributed by atoms with E-state index in [0.717, 1.165) is 22.2 Å². The maximum Gasteiger partial charge on any atom is 0.258 e. The van der Waals surface area contributed by atoms with Crippen LogP contribution in [0.15, 0.2) is 53.3 Å². The molecule has 27 heavy (non-hydrogen) atoms. The van der Waals surface area contributed by atoms with E-state index >= 15 is 0 Å². The Bertz CT molecular complexity index is 1020. The van der Waals surface area contributed by atoms with Crippen LogP contribution in [0.1, 0.15) is 36.8 Å². The summed E-state index contributed by atoms with van der Waals surface area (Å²) in [7, 11) is 0. The second-order valence-corrected chi connectivity index (χ2v) is 7.02. The van der Waals surface area contributed by atoms with Gasteiger partial charge in [-0.1, -0.05) is 50.2 Å². The Morgan fingerprint density at radius 2 is 1.74 bits per heavy atom. The summed E-state index contributed by atoms with van der Waals surface area (Å²) in [4.78, 5) is 25.0. The van der Waals surface area contributed by atoms with Gasteiger partial charge in [0.25, 0.3) is 5.56 Å². The lowest BCUT2D eigenvalue weighted by Crippen LogP contribution is -2.28. The van der Waals surface area contributed by atoms with E-state index in [2.05, 4.69) is 13.8 Å². The minimum atomic E-state index is -0.0519. The topological polar surface area (TPSA) is 65.1 Å². The fourth-order valence-corrected chi connectivity index (χ4v) is 3.41. The lowest BCUT2D eigenvalue weighted by Gasteiger charge is -2.21. The summed E-state index contributed by atoms with van der Waals surface area (Å²) in [5.41, 5.74) is 9.38. The van der Waals surface area contributed by atoms with E-state index in [9.17, 15) is 9.59 Å². The van der Waals surface area contributed by atoms with E-state index in [1.807, 2.05) is 36.4 Å². The molecule has 3 aromatic rings. The quantitative estimate of drug-likeness (QED) is 0.662. The van der Waals surface area contributed by atoms with Gasteiger partial charge in [-0.05, 0) is 35.9 Å². The smallest absolute Gasteiger partial charge is 0.258 e. The predicted octanol–water partition coefficient (Wildman–Crippen LogP) is 4.41. The van der Waals surface area contributed by atoms with Gasteiger partial charge in [0.15, 0.2) is 5.78 Å². The number of nitrogens with two attached hydrogens (primary N) is 1. The van der Waals surface area contributed by atoms with Crippen LogP contribution in [0.4, 0.5) is 0 Å². The van der Waals surface area contributed by atoms with Crippen LogP contribution >= 0.6 is 12.4 Å². The summed E-state index contributed by atoms with van der Waals surface area (Å²) in [6.07, 6.45) is 0. The highest BCUT2D eigenvalue weighted by Crippen LogP contribution is 2.31. The summed E-state index contributed by atoms with van der Waals surface area (Å²) >= 11 is 0. The molecule has 1 aromatic heterocycles. The first kappa shape index (κ1) is 20.9. The van der Waals surface area contributed by atoms with Crippen LogP contribution in [0.3, 0.4) is 0 Å². The number of ketones is 1. The molecule has 2 N–H and O–H groups in total. The summed E-state index contributed by atoms with van der Waals surface area (Å²) in [6, 6.07) is 15.2. The molecule has 0 saturated carbocycles. The molecule has 0 fully saturated rings. The number of fused-ring (bicyclic) bond motifs is 1. The first-order chi connectivity index (χ1) is 12.4. The number of aromatic nitrogens is 1. The number of hydrogen-bond acceptors (Lipinski definition) is 3. The van der Waals surface area contributed by atoms with Crippen molar-refractivity contribution < 1.29 is 4.79 Å². The predicted molar refractivity (Wildman–Crippen MR) is 114 cm³/mol. The number of pyridine rings is 1. The van der Waals surface area contributed by atoms with Gasteiger partial charge in [-0.2, -0.15) is 0 Å². The summed E-state index contributed by atoms with van der Waals surface area (Å²) < 4.78 is 1.79. The average molecular weight is 385 g/mol. The third-order valence-electron chi connectivity index (χ3n) is 4.59. The summed E-state index contributed by atoms with van der Waals surface area (Å²) in [5, 5.41) is 1.40. The first-order valence-corrected chi connectivity index (χ1v) is 8.90. The fourth-order valence-electron chi connectivity index (χ4n) is 3.41. The van der Waals surface area contributed by atoms with Crippen molar-refractivity contribution in [1.82, 2.24) is 4.57 Å². The van der Waals surface area contributed by atoms with Crippen molar-refractivity contribution in [3.8, 4) is 11.1 Å². The van der Waals surface area contributed by atoms with E-state index < -0.39 is 0 Å². The summed E-state index contributed by atoms with van der Waals surface area (Å²) in [6.45, 7) is 6.56. The zero-order valence-corrected chi connectivity index (χ0v) is 16.7. The standard InChI is InChI=1S/C22H24N2O2.ClH/c1-14(2)13-24-20(12-23)21(16-7-5-4-6-8-16)19-11-17(15(3)25)9-10-18(19)22(24)26;/h4-11,14H,12-13,23H2,1-3H3;1H. The van der Waals surface area contributed by atoms with Gasteiger partial charge in [-0.3, -0.25) is 9.59 Å². The Morgan fingerprint density at radius 3 is 2.30 bits per heavy atom. The number of nitrogens with zero attached hydrogens (tertiary/aromatic N) is 1. The van der Waals surface area contributed by atoms with Gasteiger partial charge >= 0.3 is 0 Å². The minimum Gasteiger partial charge on any atom is -0.325 e. The van der Waals surface area contributed by atoms with Crippen LogP contribution in [0.5, 0.6) is 0 Å². The van der Waals surface area contributed by atoms with Crippen LogP contribution in [0.25, 0.3) is 21.9 Å². The normalized spacial score (nSPS) is 10.9. The molecule has 1 heterocycles. The minimum absolute atomic E-state index is 0. The van der Waals surface area contributed by atoms with Crippen LogP contribution < -0.4 is 11.3 Å². The molecular weight excluding hydrogens is 360 g/mol. The molecule has 0 bridgehead atoms. The van der Waals surface area contributed by atoms with Crippen molar-refractivity contribution in [1.29, 1.82) is 0 Å². The molecule has 3 rings (SSSR count). The number of Topliss-reactive ketones (excluding diaryl/α,β-unsaturated/α-hetero) is 1. The summed E-state index contributed by atoms with van der Waals surface area (Å²) in [5.74, 6) is 0.294. The number of hydrogen-bond donors (Lipinski definition) is 1. The van der Waals surface area contributed by atoms with Crippen molar-refractivity contribution in [3.05, 3.63) is 70.1 Å². The Balaban J connectivity index is 0.00000261. The molecule has 0 aliphatic rings. The molecule has 0 radical (unpaired) electrons. The number of halogens is 1. The van der Waals surface area contributed by atoms with E-state index in [-0.39, 0.29) is 30.3 Å². The van der Waals surface area contributed by atoms with Gasteiger partial charge in [0.1, 0.15) is 0 Å². The molecule has 0 atom stereocenters. The third-order valence-corrected chi connectivity index (χ3v) is 4.59. The van der Waals surface area contributed by atoms with Gasteiger partial charge in [0.2, 0.25) is 0 Å².